The molecule has 1 amide bonds. The molecule has 3 atom stereocenters. The Morgan fingerprint density at radius 2 is 2.20 bits per heavy atom. The maximum atomic E-state index is 12.5. The quantitative estimate of drug-likeness (QED) is 0.709. The van der Waals surface area contributed by atoms with E-state index in [4.69, 9.17) is 4.99 Å². The van der Waals surface area contributed by atoms with E-state index in [1.165, 1.54) is 12.0 Å². The average molecular weight is 264 g/mol. The predicted molar refractivity (Wildman–Crippen MR) is 77.2 cm³/mol. The van der Waals surface area contributed by atoms with E-state index in [9.17, 15) is 4.79 Å². The van der Waals surface area contributed by atoms with Gasteiger partial charge in [0, 0.05) is 13.0 Å². The van der Waals surface area contributed by atoms with Crippen molar-refractivity contribution in [1.29, 1.82) is 0 Å². The monoisotopic (exact) mass is 264 g/mol. The largest absolute Gasteiger partial charge is 0.338 e. The molecule has 1 aromatic carbocycles. The van der Waals surface area contributed by atoms with Crippen molar-refractivity contribution < 1.29 is 4.79 Å². The zero-order valence-corrected chi connectivity index (χ0v) is 11.2. The molecular weight excluding hydrogens is 248 g/mol. The summed E-state index contributed by atoms with van der Waals surface area (Å²) in [5, 5.41) is 0. The summed E-state index contributed by atoms with van der Waals surface area (Å²) >= 11 is 0. The third-order valence-corrected chi connectivity index (χ3v) is 5.52. The normalized spacial score (nSPS) is 36.5. The lowest BCUT2D eigenvalue weighted by Crippen LogP contribution is -2.54. The van der Waals surface area contributed by atoms with Crippen LogP contribution in [0.3, 0.4) is 0 Å². The minimum Gasteiger partial charge on any atom is -0.338 e. The van der Waals surface area contributed by atoms with Gasteiger partial charge in [0.25, 0.3) is 0 Å². The van der Waals surface area contributed by atoms with Crippen molar-refractivity contribution in [1.82, 2.24) is 4.90 Å². The van der Waals surface area contributed by atoms with E-state index in [1.807, 2.05) is 6.07 Å². The highest BCUT2D eigenvalue weighted by molar-refractivity contribution is 6.14. The summed E-state index contributed by atoms with van der Waals surface area (Å²) in [6.45, 7) is 0.922. The molecule has 1 spiro atoms. The molecule has 20 heavy (non-hydrogen) atoms. The number of hydrogen-bond acceptors (Lipinski definition) is 2. The Hall–Kier alpha value is -1.90. The molecule has 0 bridgehead atoms. The molecule has 2 fully saturated rings. The summed E-state index contributed by atoms with van der Waals surface area (Å²) in [6.07, 6.45) is 7.40. The highest BCUT2D eigenvalue weighted by Crippen LogP contribution is 2.55. The Balaban J connectivity index is 1.81. The van der Waals surface area contributed by atoms with E-state index in [0.717, 1.165) is 24.4 Å². The molecule has 0 N–H and O–H groups in total. The Bertz CT molecular complexity index is 690. The van der Waals surface area contributed by atoms with Gasteiger partial charge in [-0.25, -0.2) is 0 Å². The minimum atomic E-state index is -0.159. The lowest BCUT2D eigenvalue weighted by molar-refractivity contribution is -0.130. The van der Waals surface area contributed by atoms with Gasteiger partial charge in [-0.3, -0.25) is 9.79 Å². The van der Waals surface area contributed by atoms with Crippen LogP contribution in [-0.4, -0.2) is 29.1 Å². The molecule has 3 nitrogen and oxygen atoms in total. The summed E-state index contributed by atoms with van der Waals surface area (Å²) in [6, 6.07) is 8.67. The van der Waals surface area contributed by atoms with Crippen molar-refractivity contribution in [2.24, 2.45) is 10.9 Å². The fraction of sp³-hybridized carbons (Fsp3) is 0.412. The van der Waals surface area contributed by atoms with Crippen molar-refractivity contribution in [2.45, 2.75) is 30.7 Å². The molecule has 100 valence electrons. The predicted octanol–water partition coefficient (Wildman–Crippen LogP) is 2.59. The fourth-order valence-electron chi connectivity index (χ4n) is 4.80. The van der Waals surface area contributed by atoms with Gasteiger partial charge in [-0.2, -0.15) is 0 Å². The highest BCUT2D eigenvalue weighted by Gasteiger charge is 2.61. The van der Waals surface area contributed by atoms with Crippen LogP contribution in [0.1, 0.15) is 24.8 Å². The first kappa shape index (κ1) is 10.8. The second-order valence-corrected chi connectivity index (χ2v) is 6.36. The highest BCUT2D eigenvalue weighted by atomic mass is 16.2. The van der Waals surface area contributed by atoms with Gasteiger partial charge in [-0.05, 0) is 36.5 Å². The SMILES string of the molecule is O=C1C[C@@]23C(=Nc4ccccc42)C=C[C@@H]2CCCN1[C@@H]23. The van der Waals surface area contributed by atoms with E-state index in [2.05, 4.69) is 35.3 Å². The third-order valence-electron chi connectivity index (χ3n) is 5.52. The van der Waals surface area contributed by atoms with Gasteiger partial charge in [0.2, 0.25) is 5.91 Å². The van der Waals surface area contributed by atoms with Crippen LogP contribution in [0.4, 0.5) is 5.69 Å². The molecule has 1 aliphatic carbocycles. The minimum absolute atomic E-state index is 0.159. The Morgan fingerprint density at radius 1 is 1.30 bits per heavy atom. The number of hydrogen-bond donors (Lipinski definition) is 0. The molecule has 2 saturated heterocycles. The number of para-hydroxylation sites is 1. The molecule has 4 aliphatic rings. The third kappa shape index (κ3) is 1.05. The molecule has 0 radical (unpaired) electrons. The zero-order chi connectivity index (χ0) is 13.3. The molecule has 3 aliphatic heterocycles. The topological polar surface area (TPSA) is 32.7 Å². The first-order valence-electron chi connectivity index (χ1n) is 7.47. The smallest absolute Gasteiger partial charge is 0.224 e. The molecule has 1 aromatic rings. The van der Waals surface area contributed by atoms with Crippen molar-refractivity contribution in [2.75, 3.05) is 6.54 Å². The van der Waals surface area contributed by atoms with Gasteiger partial charge >= 0.3 is 0 Å². The number of rotatable bonds is 0. The van der Waals surface area contributed by atoms with Gasteiger partial charge < -0.3 is 4.90 Å². The average Bonchev–Trinajstić information content (AvgIpc) is 2.96. The molecule has 0 saturated carbocycles. The zero-order valence-electron chi connectivity index (χ0n) is 11.2. The van der Waals surface area contributed by atoms with Crippen LogP contribution < -0.4 is 0 Å². The first-order chi connectivity index (χ1) is 9.80. The number of allylic oxidation sites excluding steroid dienone is 1. The number of nitrogens with zero attached hydrogens (tertiary/aromatic N) is 2. The molecule has 3 heterocycles. The number of amides is 1. The molecular formula is C17H16N2O. The van der Waals surface area contributed by atoms with Gasteiger partial charge in [0.05, 0.1) is 22.9 Å². The van der Waals surface area contributed by atoms with Crippen molar-refractivity contribution >= 4 is 17.3 Å². The molecule has 0 aromatic heterocycles. The van der Waals surface area contributed by atoms with Crippen LogP contribution in [0.5, 0.6) is 0 Å². The lowest BCUT2D eigenvalue weighted by Gasteiger charge is -2.45. The van der Waals surface area contributed by atoms with Crippen molar-refractivity contribution in [3.05, 3.63) is 42.0 Å². The number of aliphatic imine (C=N–C) groups is 1. The summed E-state index contributed by atoms with van der Waals surface area (Å²) < 4.78 is 0. The van der Waals surface area contributed by atoms with Crippen LogP contribution in [0, 0.1) is 5.92 Å². The van der Waals surface area contributed by atoms with E-state index < -0.39 is 0 Å². The molecule has 3 heteroatoms. The van der Waals surface area contributed by atoms with Crippen LogP contribution in [0.2, 0.25) is 0 Å². The van der Waals surface area contributed by atoms with E-state index in [1.54, 1.807) is 0 Å². The van der Waals surface area contributed by atoms with E-state index in [0.29, 0.717) is 24.3 Å². The Labute approximate surface area is 118 Å². The maximum absolute atomic E-state index is 12.5. The van der Waals surface area contributed by atoms with E-state index in [-0.39, 0.29) is 5.41 Å². The lowest BCUT2D eigenvalue weighted by atomic mass is 9.63. The summed E-state index contributed by atoms with van der Waals surface area (Å²) in [5.74, 6) is 0.813. The maximum Gasteiger partial charge on any atom is 0.224 e. The van der Waals surface area contributed by atoms with Crippen molar-refractivity contribution in [3.63, 3.8) is 0 Å². The Kier molecular flexibility index (Phi) is 1.84. The number of carbonyl (C=O) groups excluding carboxylic acids is 1. The fourth-order valence-corrected chi connectivity index (χ4v) is 4.80. The van der Waals surface area contributed by atoms with Gasteiger partial charge in [-0.15, -0.1) is 0 Å². The number of fused-ring (bicyclic) bond motifs is 1. The van der Waals surface area contributed by atoms with Crippen LogP contribution in [0.25, 0.3) is 0 Å². The van der Waals surface area contributed by atoms with Crippen LogP contribution in [-0.2, 0) is 10.2 Å². The standard InChI is InChI=1S/C17H16N2O/c20-15-10-17-12-5-1-2-6-13(12)18-14(17)8-7-11-4-3-9-19(15)16(11)17/h1-2,5-8,11,16H,3-4,9-10H2/t11-,16-,17-/m0/s1. The number of carbonyl (C=O) groups is 1. The van der Waals surface area contributed by atoms with Crippen LogP contribution >= 0.6 is 0 Å². The van der Waals surface area contributed by atoms with Gasteiger partial charge in [-0.1, -0.05) is 24.3 Å². The first-order valence-corrected chi connectivity index (χ1v) is 7.47. The number of piperidine rings is 1. The van der Waals surface area contributed by atoms with Gasteiger partial charge in [0.15, 0.2) is 0 Å². The van der Waals surface area contributed by atoms with Crippen molar-refractivity contribution in [3.8, 4) is 0 Å². The van der Waals surface area contributed by atoms with E-state index >= 15 is 0 Å². The second-order valence-electron chi connectivity index (χ2n) is 6.36. The molecule has 5 rings (SSSR count). The summed E-state index contributed by atoms with van der Waals surface area (Å²) in [7, 11) is 0. The second kappa shape index (κ2) is 3.40. The molecule has 0 unspecified atom stereocenters. The Morgan fingerprint density at radius 3 is 3.15 bits per heavy atom. The number of benzene rings is 1. The van der Waals surface area contributed by atoms with Crippen LogP contribution in [0.15, 0.2) is 41.4 Å². The summed E-state index contributed by atoms with van der Waals surface area (Å²) in [4.78, 5) is 19.5. The van der Waals surface area contributed by atoms with Gasteiger partial charge in [0.1, 0.15) is 0 Å². The summed E-state index contributed by atoms with van der Waals surface area (Å²) in [5.41, 5.74) is 3.28.